The van der Waals surface area contributed by atoms with Crippen molar-refractivity contribution in [2.24, 2.45) is 0 Å². The Kier molecular flexibility index (Phi) is 3.66. The Morgan fingerprint density at radius 2 is 1.67 bits per heavy atom. The van der Waals surface area contributed by atoms with E-state index in [1.165, 1.54) is 17.1 Å². The highest BCUT2D eigenvalue weighted by Crippen LogP contribution is 2.45. The van der Waals surface area contributed by atoms with E-state index >= 15 is 0 Å². The first-order valence-electron chi connectivity index (χ1n) is 7.87. The quantitative estimate of drug-likeness (QED) is 0.611. The molecule has 2 nitrogen and oxygen atoms in total. The van der Waals surface area contributed by atoms with Crippen molar-refractivity contribution in [1.82, 2.24) is 0 Å². The van der Waals surface area contributed by atoms with Crippen molar-refractivity contribution in [1.29, 1.82) is 0 Å². The first-order chi connectivity index (χ1) is 11.6. The van der Waals surface area contributed by atoms with Gasteiger partial charge in [-0.05, 0) is 46.3 Å². The number of carbonyl (C=O) groups is 1. The van der Waals surface area contributed by atoms with Crippen LogP contribution in [-0.4, -0.2) is 19.2 Å². The molecule has 1 aliphatic rings. The van der Waals surface area contributed by atoms with E-state index in [0.29, 0.717) is 0 Å². The number of rotatable bonds is 2. The van der Waals surface area contributed by atoms with Crippen LogP contribution in [0, 0.1) is 0 Å². The number of fused-ring (bicyclic) bond motifs is 3. The van der Waals surface area contributed by atoms with Gasteiger partial charge in [0, 0.05) is 35.8 Å². The maximum Gasteiger partial charge on any atom is 0.224 e. The summed E-state index contributed by atoms with van der Waals surface area (Å²) in [6, 6.07) is 20.6. The SMILES string of the molecule is CN(C)c1ccc(/C=C2\C(=O)Sc3c2ccc2ccccc32)cc1. The first-order valence-corrected chi connectivity index (χ1v) is 8.68. The molecule has 0 fully saturated rings. The van der Waals surface area contributed by atoms with E-state index in [1.54, 1.807) is 0 Å². The van der Waals surface area contributed by atoms with E-state index in [1.807, 2.05) is 32.3 Å². The Morgan fingerprint density at radius 3 is 2.42 bits per heavy atom. The van der Waals surface area contributed by atoms with Crippen LogP contribution in [0.5, 0.6) is 0 Å². The lowest BCUT2D eigenvalue weighted by molar-refractivity contribution is -0.106. The minimum atomic E-state index is 0.123. The molecule has 0 bridgehead atoms. The molecule has 0 saturated heterocycles. The largest absolute Gasteiger partial charge is 0.378 e. The Balaban J connectivity index is 1.80. The number of anilines is 1. The van der Waals surface area contributed by atoms with Gasteiger partial charge in [-0.15, -0.1) is 0 Å². The number of thioether (sulfide) groups is 1. The average Bonchev–Trinajstić information content (AvgIpc) is 2.91. The van der Waals surface area contributed by atoms with Gasteiger partial charge in [0.15, 0.2) is 0 Å². The lowest BCUT2D eigenvalue weighted by atomic mass is 10.00. The maximum atomic E-state index is 12.5. The van der Waals surface area contributed by atoms with Crippen LogP contribution < -0.4 is 4.90 Å². The van der Waals surface area contributed by atoms with Crippen molar-refractivity contribution in [3.8, 4) is 0 Å². The Morgan fingerprint density at radius 1 is 0.917 bits per heavy atom. The number of benzene rings is 3. The predicted octanol–water partition coefficient (Wildman–Crippen LogP) is 5.08. The molecule has 0 unspecified atom stereocenters. The van der Waals surface area contributed by atoms with Gasteiger partial charge in [-0.2, -0.15) is 0 Å². The summed E-state index contributed by atoms with van der Waals surface area (Å²) in [5.74, 6) is 0. The van der Waals surface area contributed by atoms with Crippen molar-refractivity contribution >= 4 is 45.0 Å². The zero-order valence-corrected chi connectivity index (χ0v) is 14.4. The van der Waals surface area contributed by atoms with Crippen LogP contribution in [0.15, 0.2) is 65.6 Å². The fourth-order valence-corrected chi connectivity index (χ4v) is 4.04. The molecular weight excluding hydrogens is 314 g/mol. The summed E-state index contributed by atoms with van der Waals surface area (Å²) in [6.07, 6.45) is 2.00. The summed E-state index contributed by atoms with van der Waals surface area (Å²) in [7, 11) is 4.04. The second-order valence-corrected chi connectivity index (χ2v) is 7.08. The van der Waals surface area contributed by atoms with Crippen molar-refractivity contribution in [2.75, 3.05) is 19.0 Å². The molecule has 118 valence electrons. The zero-order valence-electron chi connectivity index (χ0n) is 13.6. The molecule has 0 aliphatic carbocycles. The van der Waals surface area contributed by atoms with E-state index in [0.717, 1.165) is 32.7 Å². The third-order valence-corrected chi connectivity index (χ3v) is 5.35. The Labute approximate surface area is 145 Å². The van der Waals surface area contributed by atoms with Gasteiger partial charge in [0.05, 0.1) is 0 Å². The van der Waals surface area contributed by atoms with Crippen LogP contribution in [0.1, 0.15) is 11.1 Å². The van der Waals surface area contributed by atoms with E-state index < -0.39 is 0 Å². The molecule has 0 radical (unpaired) electrons. The minimum absolute atomic E-state index is 0.123. The van der Waals surface area contributed by atoms with Crippen LogP contribution in [-0.2, 0) is 4.79 Å². The topological polar surface area (TPSA) is 20.3 Å². The lowest BCUT2D eigenvalue weighted by Crippen LogP contribution is -2.07. The van der Waals surface area contributed by atoms with Crippen molar-refractivity contribution < 1.29 is 4.79 Å². The highest BCUT2D eigenvalue weighted by molar-refractivity contribution is 8.15. The minimum Gasteiger partial charge on any atom is -0.378 e. The standard InChI is InChI=1S/C21H17NOS/c1-22(2)16-10-7-14(8-11-16)13-19-18-12-9-15-5-3-4-6-17(15)20(18)24-21(19)23/h3-13H,1-2H3/b19-13-. The summed E-state index contributed by atoms with van der Waals surface area (Å²) in [5.41, 5.74) is 4.03. The normalized spacial score (nSPS) is 15.1. The molecule has 3 aromatic carbocycles. The van der Waals surface area contributed by atoms with Crippen LogP contribution in [0.2, 0.25) is 0 Å². The Bertz CT molecular complexity index is 971. The van der Waals surface area contributed by atoms with Gasteiger partial charge in [0.1, 0.15) is 0 Å². The van der Waals surface area contributed by atoms with Gasteiger partial charge in [-0.25, -0.2) is 0 Å². The smallest absolute Gasteiger partial charge is 0.224 e. The van der Waals surface area contributed by atoms with Crippen molar-refractivity contribution in [3.63, 3.8) is 0 Å². The summed E-state index contributed by atoms with van der Waals surface area (Å²) in [4.78, 5) is 15.7. The summed E-state index contributed by atoms with van der Waals surface area (Å²) in [6.45, 7) is 0. The summed E-state index contributed by atoms with van der Waals surface area (Å²) >= 11 is 1.34. The molecule has 0 atom stereocenters. The van der Waals surface area contributed by atoms with Gasteiger partial charge < -0.3 is 4.90 Å². The molecular formula is C21H17NOS. The van der Waals surface area contributed by atoms with E-state index in [4.69, 9.17) is 0 Å². The molecule has 1 heterocycles. The number of carbonyl (C=O) groups excluding carboxylic acids is 1. The van der Waals surface area contributed by atoms with Gasteiger partial charge in [-0.1, -0.05) is 48.5 Å². The Hall–Kier alpha value is -2.52. The molecule has 0 amide bonds. The molecule has 3 aromatic rings. The van der Waals surface area contributed by atoms with E-state index in [9.17, 15) is 4.79 Å². The molecule has 1 aliphatic heterocycles. The second-order valence-electron chi connectivity index (χ2n) is 6.10. The maximum absolute atomic E-state index is 12.5. The van der Waals surface area contributed by atoms with Crippen LogP contribution >= 0.6 is 11.8 Å². The highest BCUT2D eigenvalue weighted by atomic mass is 32.2. The fourth-order valence-electron chi connectivity index (χ4n) is 2.99. The monoisotopic (exact) mass is 331 g/mol. The van der Waals surface area contributed by atoms with Crippen LogP contribution in [0.4, 0.5) is 5.69 Å². The first kappa shape index (κ1) is 15.0. The highest BCUT2D eigenvalue weighted by Gasteiger charge is 2.27. The number of nitrogens with zero attached hydrogens (tertiary/aromatic N) is 1. The third kappa shape index (κ3) is 2.51. The van der Waals surface area contributed by atoms with Crippen LogP contribution in [0.3, 0.4) is 0 Å². The van der Waals surface area contributed by atoms with Gasteiger partial charge in [0.25, 0.3) is 0 Å². The molecule has 0 saturated carbocycles. The van der Waals surface area contributed by atoms with Gasteiger partial charge in [0.2, 0.25) is 5.12 Å². The summed E-state index contributed by atoms with van der Waals surface area (Å²) < 4.78 is 0. The van der Waals surface area contributed by atoms with Gasteiger partial charge >= 0.3 is 0 Å². The van der Waals surface area contributed by atoms with Crippen LogP contribution in [0.25, 0.3) is 22.4 Å². The third-order valence-electron chi connectivity index (χ3n) is 4.30. The zero-order chi connectivity index (χ0) is 16.7. The van der Waals surface area contributed by atoms with E-state index in [2.05, 4.69) is 53.4 Å². The predicted molar refractivity (Wildman–Crippen MR) is 103 cm³/mol. The number of hydrogen-bond donors (Lipinski definition) is 0. The molecule has 4 rings (SSSR count). The lowest BCUT2D eigenvalue weighted by Gasteiger charge is -2.12. The molecule has 24 heavy (non-hydrogen) atoms. The molecule has 0 aromatic heterocycles. The molecule has 0 spiro atoms. The molecule has 3 heteroatoms. The van der Waals surface area contributed by atoms with E-state index in [-0.39, 0.29) is 5.12 Å². The van der Waals surface area contributed by atoms with Crippen molar-refractivity contribution in [2.45, 2.75) is 4.90 Å². The van der Waals surface area contributed by atoms with Crippen molar-refractivity contribution in [3.05, 3.63) is 71.8 Å². The average molecular weight is 331 g/mol. The van der Waals surface area contributed by atoms with Gasteiger partial charge in [-0.3, -0.25) is 4.79 Å². The fraction of sp³-hybridized carbons (Fsp3) is 0.0952. The number of hydrogen-bond acceptors (Lipinski definition) is 3. The summed E-state index contributed by atoms with van der Waals surface area (Å²) in [5, 5.41) is 2.45. The molecule has 0 N–H and O–H groups in total. The second kappa shape index (κ2) is 5.84.